The van der Waals surface area contributed by atoms with Gasteiger partial charge in [-0.1, -0.05) is 19.3 Å². The Kier molecular flexibility index (Phi) is 4.28. The number of hydrogen-bond acceptors (Lipinski definition) is 3. The monoisotopic (exact) mass is 253 g/mol. The van der Waals surface area contributed by atoms with E-state index in [4.69, 9.17) is 5.73 Å². The van der Waals surface area contributed by atoms with Gasteiger partial charge in [0, 0.05) is 18.6 Å². The molecule has 0 aromatic rings. The molecule has 1 aliphatic carbocycles. The van der Waals surface area contributed by atoms with Crippen LogP contribution in [0.1, 0.15) is 58.8 Å². The van der Waals surface area contributed by atoms with E-state index in [-0.39, 0.29) is 11.3 Å². The summed E-state index contributed by atoms with van der Waals surface area (Å²) in [6, 6.07) is 0.878. The van der Waals surface area contributed by atoms with Crippen LogP contribution in [-0.2, 0) is 4.79 Å². The zero-order chi connectivity index (χ0) is 13.2. The van der Waals surface area contributed by atoms with Gasteiger partial charge >= 0.3 is 0 Å². The Morgan fingerprint density at radius 3 is 2.28 bits per heavy atom. The molecule has 2 aliphatic rings. The number of rotatable bonds is 3. The number of hydrogen-bond donors (Lipinski definition) is 2. The van der Waals surface area contributed by atoms with Crippen LogP contribution in [0.3, 0.4) is 0 Å². The van der Waals surface area contributed by atoms with Crippen LogP contribution in [0.4, 0.5) is 0 Å². The van der Waals surface area contributed by atoms with E-state index in [1.54, 1.807) is 0 Å². The van der Waals surface area contributed by atoms with Crippen LogP contribution >= 0.6 is 0 Å². The first kappa shape index (κ1) is 13.8. The van der Waals surface area contributed by atoms with Crippen LogP contribution in [0.15, 0.2) is 0 Å². The molecule has 2 fully saturated rings. The van der Waals surface area contributed by atoms with Gasteiger partial charge in [0.05, 0.1) is 5.41 Å². The van der Waals surface area contributed by atoms with E-state index in [1.165, 1.54) is 19.3 Å². The van der Waals surface area contributed by atoms with E-state index in [2.05, 4.69) is 24.3 Å². The summed E-state index contributed by atoms with van der Waals surface area (Å²) in [5.41, 5.74) is 8.74. The van der Waals surface area contributed by atoms with E-state index in [1.807, 2.05) is 0 Å². The average molecular weight is 253 g/mol. The molecule has 1 saturated carbocycles. The number of carbonyl (C=O) groups is 1. The molecule has 1 aliphatic heterocycles. The first-order valence-corrected chi connectivity index (χ1v) is 7.38. The van der Waals surface area contributed by atoms with Crippen molar-refractivity contribution in [2.24, 2.45) is 11.1 Å². The lowest BCUT2D eigenvalue weighted by Gasteiger charge is -2.41. The summed E-state index contributed by atoms with van der Waals surface area (Å²) in [5, 5.41) is 2.15. The quantitative estimate of drug-likeness (QED) is 0.806. The second-order valence-corrected chi connectivity index (χ2v) is 6.17. The van der Waals surface area contributed by atoms with Gasteiger partial charge in [0.25, 0.3) is 0 Å². The van der Waals surface area contributed by atoms with Gasteiger partial charge in [-0.3, -0.25) is 10.2 Å². The van der Waals surface area contributed by atoms with Crippen molar-refractivity contribution in [3.8, 4) is 0 Å². The highest BCUT2D eigenvalue weighted by atomic mass is 16.2. The highest BCUT2D eigenvalue weighted by Gasteiger charge is 2.41. The Morgan fingerprint density at radius 2 is 1.78 bits per heavy atom. The highest BCUT2D eigenvalue weighted by Crippen LogP contribution is 2.37. The lowest BCUT2D eigenvalue weighted by molar-refractivity contribution is -0.139. The first-order valence-electron chi connectivity index (χ1n) is 7.38. The molecule has 3 N–H and O–H groups in total. The highest BCUT2D eigenvalue weighted by molar-refractivity contribution is 5.82. The molecule has 0 aromatic heterocycles. The molecule has 1 amide bonds. The number of piperidine rings is 1. The summed E-state index contributed by atoms with van der Waals surface area (Å²) in [5.74, 6) is 0.156. The Morgan fingerprint density at radius 1 is 1.22 bits per heavy atom. The summed E-state index contributed by atoms with van der Waals surface area (Å²) < 4.78 is 0. The number of nitrogens with two attached hydrogens (primary N) is 1. The van der Waals surface area contributed by atoms with Gasteiger partial charge in [-0.15, -0.1) is 0 Å². The number of amides is 1. The van der Waals surface area contributed by atoms with Gasteiger partial charge in [-0.25, -0.2) is 5.01 Å². The van der Waals surface area contributed by atoms with Crippen molar-refractivity contribution in [3.63, 3.8) is 0 Å². The normalized spacial score (nSPS) is 32.4. The smallest absolute Gasteiger partial charge is 0.241 e. The number of nitrogens with one attached hydrogen (secondary N) is 1. The molecule has 104 valence electrons. The Balaban J connectivity index is 2.01. The predicted octanol–water partition coefficient (Wildman–Crippen LogP) is 1.80. The predicted molar refractivity (Wildman–Crippen MR) is 72.7 cm³/mol. The SMILES string of the molecule is CC1CCCC(C)N1NC(=O)C1(CN)CCCC1. The van der Waals surface area contributed by atoms with Crippen molar-refractivity contribution in [1.29, 1.82) is 0 Å². The van der Waals surface area contributed by atoms with Crippen LogP contribution in [-0.4, -0.2) is 29.5 Å². The van der Waals surface area contributed by atoms with E-state index in [9.17, 15) is 4.79 Å². The summed E-state index contributed by atoms with van der Waals surface area (Å²) >= 11 is 0. The van der Waals surface area contributed by atoms with Crippen LogP contribution in [0.2, 0.25) is 0 Å². The number of carbonyl (C=O) groups excluding carboxylic acids is 1. The summed E-state index contributed by atoms with van der Waals surface area (Å²) in [6.07, 6.45) is 7.76. The minimum atomic E-state index is -0.295. The van der Waals surface area contributed by atoms with Gasteiger partial charge in [-0.2, -0.15) is 0 Å². The molecule has 0 aromatic carbocycles. The molecule has 4 heteroatoms. The molecule has 0 bridgehead atoms. The third-order valence-electron chi connectivity index (χ3n) is 4.86. The minimum Gasteiger partial charge on any atom is -0.329 e. The molecule has 0 spiro atoms. The second kappa shape index (κ2) is 5.57. The average Bonchev–Trinajstić information content (AvgIpc) is 2.84. The van der Waals surface area contributed by atoms with Gasteiger partial charge in [-0.05, 0) is 39.5 Å². The summed E-state index contributed by atoms with van der Waals surface area (Å²) in [6.45, 7) is 4.87. The van der Waals surface area contributed by atoms with Crippen molar-refractivity contribution in [2.75, 3.05) is 6.54 Å². The first-order chi connectivity index (χ1) is 8.59. The summed E-state index contributed by atoms with van der Waals surface area (Å²) in [4.78, 5) is 12.5. The lowest BCUT2D eigenvalue weighted by Crippen LogP contribution is -2.58. The molecule has 18 heavy (non-hydrogen) atoms. The standard InChI is InChI=1S/C14H27N3O/c1-11-6-5-7-12(2)17(11)16-13(18)14(10-15)8-3-4-9-14/h11-12H,3-10,15H2,1-2H3,(H,16,18). The number of hydrazine groups is 1. The van der Waals surface area contributed by atoms with Crippen molar-refractivity contribution >= 4 is 5.91 Å². The van der Waals surface area contributed by atoms with Crippen LogP contribution in [0.5, 0.6) is 0 Å². The van der Waals surface area contributed by atoms with Crippen molar-refractivity contribution in [2.45, 2.75) is 70.9 Å². The van der Waals surface area contributed by atoms with Crippen molar-refractivity contribution in [1.82, 2.24) is 10.4 Å². The molecule has 0 radical (unpaired) electrons. The maximum Gasteiger partial charge on any atom is 0.241 e. The fourth-order valence-electron chi connectivity index (χ4n) is 3.45. The largest absolute Gasteiger partial charge is 0.329 e. The molecule has 1 heterocycles. The Bertz CT molecular complexity index is 289. The van der Waals surface area contributed by atoms with Crippen LogP contribution in [0, 0.1) is 5.41 Å². The Hall–Kier alpha value is -0.610. The number of nitrogens with zero attached hydrogens (tertiary/aromatic N) is 1. The van der Waals surface area contributed by atoms with Crippen LogP contribution < -0.4 is 11.2 Å². The van der Waals surface area contributed by atoms with Crippen molar-refractivity contribution in [3.05, 3.63) is 0 Å². The lowest BCUT2D eigenvalue weighted by atomic mass is 9.85. The molecule has 2 unspecified atom stereocenters. The molecular weight excluding hydrogens is 226 g/mol. The molecule has 4 nitrogen and oxygen atoms in total. The third-order valence-corrected chi connectivity index (χ3v) is 4.86. The molecule has 2 atom stereocenters. The topological polar surface area (TPSA) is 58.4 Å². The van der Waals surface area contributed by atoms with Crippen molar-refractivity contribution < 1.29 is 4.79 Å². The minimum absolute atomic E-state index is 0.156. The molecular formula is C14H27N3O. The van der Waals surface area contributed by atoms with E-state index in [0.29, 0.717) is 18.6 Å². The van der Waals surface area contributed by atoms with Gasteiger partial charge in [0.15, 0.2) is 0 Å². The zero-order valence-electron chi connectivity index (χ0n) is 11.7. The fraction of sp³-hybridized carbons (Fsp3) is 0.929. The van der Waals surface area contributed by atoms with E-state index in [0.717, 1.165) is 25.7 Å². The van der Waals surface area contributed by atoms with Gasteiger partial charge < -0.3 is 5.73 Å². The maximum absolute atomic E-state index is 12.5. The molecule has 2 rings (SSSR count). The van der Waals surface area contributed by atoms with Gasteiger partial charge in [0.1, 0.15) is 0 Å². The second-order valence-electron chi connectivity index (χ2n) is 6.17. The maximum atomic E-state index is 12.5. The van der Waals surface area contributed by atoms with E-state index < -0.39 is 0 Å². The zero-order valence-corrected chi connectivity index (χ0v) is 11.7. The summed E-state index contributed by atoms with van der Waals surface area (Å²) in [7, 11) is 0. The van der Waals surface area contributed by atoms with Gasteiger partial charge in [0.2, 0.25) is 5.91 Å². The fourth-order valence-corrected chi connectivity index (χ4v) is 3.45. The van der Waals surface area contributed by atoms with E-state index >= 15 is 0 Å². The third kappa shape index (κ3) is 2.54. The Labute approximate surface area is 110 Å². The van der Waals surface area contributed by atoms with Crippen LogP contribution in [0.25, 0.3) is 0 Å². The molecule has 1 saturated heterocycles.